The van der Waals surface area contributed by atoms with Crippen LogP contribution >= 0.6 is 0 Å². The van der Waals surface area contributed by atoms with Gasteiger partial charge in [0.05, 0.1) is 6.04 Å². The number of nitrogens with zero attached hydrogens (tertiary/aromatic N) is 1. The van der Waals surface area contributed by atoms with E-state index in [0.717, 1.165) is 17.1 Å². The highest BCUT2D eigenvalue weighted by Crippen LogP contribution is 2.15. The van der Waals surface area contributed by atoms with Gasteiger partial charge in [0.15, 0.2) is 0 Å². The first-order valence-corrected chi connectivity index (χ1v) is 11.4. The molecule has 0 aromatic heterocycles. The van der Waals surface area contributed by atoms with Crippen LogP contribution in [0.4, 0.5) is 16.2 Å². The van der Waals surface area contributed by atoms with Crippen LogP contribution in [-0.2, 0) is 24.0 Å². The monoisotopic (exact) mass is 503 g/mol. The first-order valence-electron chi connectivity index (χ1n) is 11.4. The molecule has 1 aromatic rings. The van der Waals surface area contributed by atoms with Crippen LogP contribution in [0.2, 0.25) is 0 Å². The number of hydrogen-bond donors (Lipinski definition) is 6. The zero-order valence-electron chi connectivity index (χ0n) is 20.5. The van der Waals surface area contributed by atoms with Crippen LogP contribution < -0.4 is 32.7 Å². The van der Waals surface area contributed by atoms with Gasteiger partial charge in [-0.25, -0.2) is 4.79 Å². The third-order valence-corrected chi connectivity index (χ3v) is 4.65. The molecule has 1 aliphatic heterocycles. The van der Waals surface area contributed by atoms with Crippen LogP contribution in [0.15, 0.2) is 36.4 Å². The smallest absolute Gasteiger partial charge is 0.312 e. The van der Waals surface area contributed by atoms with E-state index in [4.69, 9.17) is 11.5 Å². The van der Waals surface area contributed by atoms with Crippen LogP contribution in [0, 0.1) is 0 Å². The molecule has 0 aliphatic carbocycles. The lowest BCUT2D eigenvalue weighted by atomic mass is 10.1. The summed E-state index contributed by atoms with van der Waals surface area (Å²) < 4.78 is 0. The number of carbonyl (C=O) groups excluding carboxylic acids is 6. The average Bonchev–Trinajstić information content (AvgIpc) is 3.15. The third-order valence-electron chi connectivity index (χ3n) is 4.65. The Hall–Kier alpha value is -4.26. The number of hydrogen-bond acceptors (Lipinski definition) is 7. The van der Waals surface area contributed by atoms with Crippen LogP contribution in [0.3, 0.4) is 0 Å². The minimum absolute atomic E-state index is 0.224. The number of carbonyl (C=O) groups is 6. The van der Waals surface area contributed by atoms with E-state index in [2.05, 4.69) is 21.3 Å². The third kappa shape index (κ3) is 9.93. The molecule has 8 N–H and O–H groups in total. The molecular formula is C23H33N7O6. The molecule has 0 radical (unpaired) electrons. The predicted molar refractivity (Wildman–Crippen MR) is 133 cm³/mol. The van der Waals surface area contributed by atoms with Crippen molar-refractivity contribution in [3.63, 3.8) is 0 Å². The molecule has 2 rings (SSSR count). The number of urea groups is 1. The van der Waals surface area contributed by atoms with E-state index in [1.54, 1.807) is 0 Å². The molecule has 2 atom stereocenters. The van der Waals surface area contributed by atoms with Crippen LogP contribution in [-0.4, -0.2) is 65.6 Å². The normalized spacial score (nSPS) is 13.7. The number of rotatable bonds is 11. The summed E-state index contributed by atoms with van der Waals surface area (Å²) in [7, 11) is 0. The minimum Gasteiger partial charge on any atom is -0.352 e. The molecule has 36 heavy (non-hydrogen) atoms. The number of amides is 7. The van der Waals surface area contributed by atoms with Crippen LogP contribution in [0.5, 0.6) is 0 Å². The second-order valence-electron chi connectivity index (χ2n) is 7.49. The second-order valence-corrected chi connectivity index (χ2v) is 7.49. The number of imide groups is 1. The lowest BCUT2D eigenvalue weighted by Gasteiger charge is -2.20. The Morgan fingerprint density at radius 3 is 1.94 bits per heavy atom. The van der Waals surface area contributed by atoms with Gasteiger partial charge < -0.3 is 32.7 Å². The lowest BCUT2D eigenvalue weighted by Crippen LogP contribution is -2.49. The summed E-state index contributed by atoms with van der Waals surface area (Å²) in [6.07, 6.45) is 2.78. The zero-order chi connectivity index (χ0) is 27.3. The first kappa shape index (κ1) is 29.8. The Balaban J connectivity index is 0.00000316. The molecule has 0 bridgehead atoms. The summed E-state index contributed by atoms with van der Waals surface area (Å²) in [5, 5.41) is 10.2. The number of primary amides is 1. The Kier molecular flexibility index (Phi) is 12.3. The molecular weight excluding hydrogens is 470 g/mol. The summed E-state index contributed by atoms with van der Waals surface area (Å²) in [6, 6.07) is 3.68. The van der Waals surface area contributed by atoms with Crippen molar-refractivity contribution >= 4 is 46.9 Å². The molecule has 1 aliphatic rings. The van der Waals surface area contributed by atoms with E-state index in [0.29, 0.717) is 17.8 Å². The highest BCUT2D eigenvalue weighted by Gasteiger charge is 2.25. The van der Waals surface area contributed by atoms with Crippen molar-refractivity contribution in [3.05, 3.63) is 36.4 Å². The zero-order valence-corrected chi connectivity index (χ0v) is 20.5. The van der Waals surface area contributed by atoms with E-state index < -0.39 is 54.2 Å². The minimum atomic E-state index is -0.906. The molecule has 7 amide bonds. The topological polar surface area (TPSA) is 206 Å². The fraction of sp³-hybridized carbons (Fsp3) is 0.391. The average molecular weight is 504 g/mol. The molecule has 196 valence electrons. The Morgan fingerprint density at radius 1 is 0.917 bits per heavy atom. The quantitative estimate of drug-likeness (QED) is 0.177. The van der Waals surface area contributed by atoms with Crippen molar-refractivity contribution in [1.82, 2.24) is 15.5 Å². The van der Waals surface area contributed by atoms with Crippen molar-refractivity contribution in [2.75, 3.05) is 23.7 Å². The highest BCUT2D eigenvalue weighted by molar-refractivity contribution is 6.15. The molecule has 0 saturated carbocycles. The van der Waals surface area contributed by atoms with Gasteiger partial charge in [-0.2, -0.15) is 0 Å². The molecule has 1 heterocycles. The summed E-state index contributed by atoms with van der Waals surface area (Å²) in [6.45, 7) is 5.29. The van der Waals surface area contributed by atoms with Gasteiger partial charge in [0, 0.05) is 30.1 Å². The van der Waals surface area contributed by atoms with Crippen LogP contribution in [0.25, 0.3) is 0 Å². The van der Waals surface area contributed by atoms with Gasteiger partial charge in [0.2, 0.25) is 17.7 Å². The maximum absolute atomic E-state index is 12.7. The van der Waals surface area contributed by atoms with Crippen LogP contribution in [0.1, 0.15) is 33.6 Å². The number of benzene rings is 1. The van der Waals surface area contributed by atoms with Crippen molar-refractivity contribution in [2.24, 2.45) is 11.5 Å². The summed E-state index contributed by atoms with van der Waals surface area (Å²) in [5.74, 6) is -2.69. The maximum atomic E-state index is 12.7. The van der Waals surface area contributed by atoms with Gasteiger partial charge in [-0.05, 0) is 44.0 Å². The van der Waals surface area contributed by atoms with Crippen molar-refractivity contribution in [2.45, 2.75) is 45.7 Å². The summed E-state index contributed by atoms with van der Waals surface area (Å²) in [5.41, 5.74) is 11.3. The largest absolute Gasteiger partial charge is 0.352 e. The summed E-state index contributed by atoms with van der Waals surface area (Å²) >= 11 is 0. The fourth-order valence-electron chi connectivity index (χ4n) is 2.89. The van der Waals surface area contributed by atoms with E-state index in [9.17, 15) is 28.8 Å². The second kappa shape index (κ2) is 14.9. The van der Waals surface area contributed by atoms with Gasteiger partial charge in [0.25, 0.3) is 11.8 Å². The Bertz CT molecular complexity index is 973. The fourth-order valence-corrected chi connectivity index (χ4v) is 2.89. The van der Waals surface area contributed by atoms with Gasteiger partial charge in [0.1, 0.15) is 12.6 Å². The van der Waals surface area contributed by atoms with Gasteiger partial charge in [-0.1, -0.05) is 13.8 Å². The Labute approximate surface area is 209 Å². The predicted octanol–water partition coefficient (Wildman–Crippen LogP) is -0.205. The molecule has 0 spiro atoms. The molecule has 13 heteroatoms. The summed E-state index contributed by atoms with van der Waals surface area (Å²) in [4.78, 5) is 71.4. The van der Waals surface area contributed by atoms with E-state index in [1.165, 1.54) is 31.2 Å². The van der Waals surface area contributed by atoms with E-state index in [-0.39, 0.29) is 13.0 Å². The van der Waals surface area contributed by atoms with Crippen molar-refractivity contribution in [3.8, 4) is 0 Å². The Morgan fingerprint density at radius 2 is 1.44 bits per heavy atom. The molecule has 1 unspecified atom stereocenters. The van der Waals surface area contributed by atoms with E-state index >= 15 is 0 Å². The lowest BCUT2D eigenvalue weighted by molar-refractivity contribution is -0.139. The van der Waals surface area contributed by atoms with Crippen molar-refractivity contribution in [1.29, 1.82) is 0 Å². The molecule has 1 aromatic carbocycles. The van der Waals surface area contributed by atoms with Gasteiger partial charge in [-0.3, -0.25) is 28.9 Å². The molecule has 13 nitrogen and oxygen atoms in total. The number of nitrogens with two attached hydrogens (primary N) is 2. The van der Waals surface area contributed by atoms with Crippen molar-refractivity contribution < 1.29 is 28.8 Å². The van der Waals surface area contributed by atoms with E-state index in [1.807, 2.05) is 13.8 Å². The maximum Gasteiger partial charge on any atom is 0.312 e. The molecule has 0 saturated heterocycles. The number of nitrogens with one attached hydrogen (secondary N) is 4. The van der Waals surface area contributed by atoms with Gasteiger partial charge in [-0.15, -0.1) is 0 Å². The SMILES string of the molecule is CC.CC(N)C(=O)N[C@@H](CCCNC(N)=O)C(=O)Nc1ccc(NC(=O)CN2C(=O)C=CC2=O)cc1. The standard InChI is InChI=1S/C21H27N7O6.C2H6/c1-12(22)19(32)27-15(3-2-10-24-21(23)34)20(33)26-14-6-4-13(5-7-14)25-16(29)11-28-17(30)8-9-18(28)31;1-2/h4-9,12,15H,2-3,10-11,22H2,1H3,(H,25,29)(H,26,33)(H,27,32)(H3,23,24,34);1-2H3/t12?,15-;/m0./s1. The molecule has 0 fully saturated rings. The first-order chi connectivity index (χ1) is 17.1. The number of anilines is 2. The highest BCUT2D eigenvalue weighted by atomic mass is 16.2. The van der Waals surface area contributed by atoms with Gasteiger partial charge >= 0.3 is 6.03 Å².